The Morgan fingerprint density at radius 1 is 1.78 bits per heavy atom. The van der Waals surface area contributed by atoms with Crippen molar-refractivity contribution in [2.75, 3.05) is 6.54 Å². The summed E-state index contributed by atoms with van der Waals surface area (Å²) >= 11 is 1.42. The van der Waals surface area contributed by atoms with Crippen LogP contribution in [0.25, 0.3) is 0 Å². The van der Waals surface area contributed by atoms with Gasteiger partial charge in [-0.3, -0.25) is 4.79 Å². The summed E-state index contributed by atoms with van der Waals surface area (Å²) in [4.78, 5) is 10.6. The number of carbonyl (C=O) groups excluding carboxylic acids is 1. The van der Waals surface area contributed by atoms with Gasteiger partial charge in [0.05, 0.1) is 0 Å². The van der Waals surface area contributed by atoms with Crippen molar-refractivity contribution in [1.82, 2.24) is 5.32 Å². The second-order valence-corrected chi connectivity index (χ2v) is 3.78. The number of rotatable bonds is 1. The highest BCUT2D eigenvalue weighted by molar-refractivity contribution is 8.14. The lowest BCUT2D eigenvalue weighted by Crippen LogP contribution is -2.18. The van der Waals surface area contributed by atoms with Crippen LogP contribution < -0.4 is 5.32 Å². The van der Waals surface area contributed by atoms with Gasteiger partial charge in [-0.1, -0.05) is 25.6 Å². The molecule has 0 aromatic heterocycles. The van der Waals surface area contributed by atoms with E-state index < -0.39 is 0 Å². The Kier molecular flexibility index (Phi) is 2.01. The topological polar surface area (TPSA) is 29.1 Å². The van der Waals surface area contributed by atoms with Gasteiger partial charge < -0.3 is 5.32 Å². The van der Waals surface area contributed by atoms with E-state index in [0.717, 1.165) is 6.54 Å². The monoisotopic (exact) mass is 145 g/mol. The third kappa shape index (κ3) is 1.61. The van der Waals surface area contributed by atoms with E-state index in [1.165, 1.54) is 11.8 Å². The molecule has 9 heavy (non-hydrogen) atoms. The normalized spacial score (nSPS) is 27.0. The molecule has 0 aromatic rings. The molecule has 2 nitrogen and oxygen atoms in total. The lowest BCUT2D eigenvalue weighted by Gasteiger charge is -2.08. The fourth-order valence-corrected chi connectivity index (χ4v) is 1.66. The van der Waals surface area contributed by atoms with E-state index in [0.29, 0.717) is 11.2 Å². The van der Waals surface area contributed by atoms with Gasteiger partial charge in [-0.15, -0.1) is 0 Å². The summed E-state index contributed by atoms with van der Waals surface area (Å²) in [5.41, 5.74) is 0. The first-order valence-electron chi connectivity index (χ1n) is 3.14. The first kappa shape index (κ1) is 6.93. The molecule has 1 N–H and O–H groups in total. The van der Waals surface area contributed by atoms with Crippen LogP contribution >= 0.6 is 11.8 Å². The highest BCUT2D eigenvalue weighted by Crippen LogP contribution is 2.23. The third-order valence-electron chi connectivity index (χ3n) is 1.45. The van der Waals surface area contributed by atoms with Crippen LogP contribution in [0.3, 0.4) is 0 Å². The molecule has 3 heteroatoms. The van der Waals surface area contributed by atoms with Crippen LogP contribution in [0, 0.1) is 5.92 Å². The van der Waals surface area contributed by atoms with Crippen molar-refractivity contribution in [3.05, 3.63) is 0 Å². The molecular weight excluding hydrogens is 134 g/mol. The molecule has 1 atom stereocenters. The quantitative estimate of drug-likeness (QED) is 0.605. The van der Waals surface area contributed by atoms with Crippen LogP contribution in [-0.4, -0.2) is 17.0 Å². The van der Waals surface area contributed by atoms with E-state index in [4.69, 9.17) is 0 Å². The number of thioether (sulfide) groups is 1. The van der Waals surface area contributed by atoms with Crippen molar-refractivity contribution < 1.29 is 4.79 Å². The summed E-state index contributed by atoms with van der Waals surface area (Å²) in [7, 11) is 0. The minimum atomic E-state index is 0.133. The fourth-order valence-electron chi connectivity index (χ4n) is 0.777. The molecule has 52 valence electrons. The number of carbonyl (C=O) groups is 1. The van der Waals surface area contributed by atoms with Crippen molar-refractivity contribution in [1.29, 1.82) is 0 Å². The Labute approximate surface area is 59.4 Å². The molecule has 1 saturated heterocycles. The van der Waals surface area contributed by atoms with Crippen molar-refractivity contribution >= 4 is 17.0 Å². The smallest absolute Gasteiger partial charge is 0.279 e. The van der Waals surface area contributed by atoms with E-state index in [-0.39, 0.29) is 5.24 Å². The summed E-state index contributed by atoms with van der Waals surface area (Å²) in [6.45, 7) is 5.12. The molecule has 0 aliphatic carbocycles. The third-order valence-corrected chi connectivity index (χ3v) is 2.82. The summed E-state index contributed by atoms with van der Waals surface area (Å²) < 4.78 is 0. The summed E-state index contributed by atoms with van der Waals surface area (Å²) in [6, 6.07) is 0. The standard InChI is InChI=1S/C6H11NOS/c1-4(2)5-3-7-6(8)9-5/h4-5H,3H2,1-2H3,(H,7,8)/t5-/m1/s1. The zero-order valence-corrected chi connectivity index (χ0v) is 6.49. The molecule has 0 bridgehead atoms. The molecule has 0 saturated carbocycles. The van der Waals surface area contributed by atoms with Gasteiger partial charge >= 0.3 is 0 Å². The molecule has 0 unspecified atom stereocenters. The fraction of sp³-hybridized carbons (Fsp3) is 0.833. The number of nitrogens with one attached hydrogen (secondary N) is 1. The number of hydrogen-bond donors (Lipinski definition) is 1. The van der Waals surface area contributed by atoms with Crippen LogP contribution in [0.2, 0.25) is 0 Å². The molecule has 1 fully saturated rings. The molecular formula is C6H11NOS. The maximum atomic E-state index is 10.6. The Morgan fingerprint density at radius 2 is 2.44 bits per heavy atom. The van der Waals surface area contributed by atoms with Crippen molar-refractivity contribution in [3.8, 4) is 0 Å². The minimum absolute atomic E-state index is 0.133. The van der Waals surface area contributed by atoms with Gasteiger partial charge in [0, 0.05) is 11.8 Å². The van der Waals surface area contributed by atoms with Gasteiger partial charge in [0.1, 0.15) is 0 Å². The maximum absolute atomic E-state index is 10.6. The van der Waals surface area contributed by atoms with Gasteiger partial charge in [-0.2, -0.15) is 0 Å². The van der Waals surface area contributed by atoms with Crippen LogP contribution in [0.15, 0.2) is 0 Å². The number of amides is 1. The molecule has 0 spiro atoms. The van der Waals surface area contributed by atoms with Gasteiger partial charge in [0.25, 0.3) is 5.24 Å². The van der Waals surface area contributed by atoms with Gasteiger partial charge in [0.2, 0.25) is 0 Å². The van der Waals surface area contributed by atoms with Crippen molar-refractivity contribution in [2.24, 2.45) is 5.92 Å². The average Bonchev–Trinajstić information content (AvgIpc) is 2.14. The first-order chi connectivity index (χ1) is 4.20. The first-order valence-corrected chi connectivity index (χ1v) is 4.02. The minimum Gasteiger partial charge on any atom is -0.346 e. The zero-order valence-electron chi connectivity index (χ0n) is 5.68. The van der Waals surface area contributed by atoms with E-state index in [9.17, 15) is 4.79 Å². The molecule has 1 aliphatic rings. The largest absolute Gasteiger partial charge is 0.346 e. The second-order valence-electron chi connectivity index (χ2n) is 2.57. The van der Waals surface area contributed by atoms with Crippen LogP contribution in [-0.2, 0) is 0 Å². The summed E-state index contributed by atoms with van der Waals surface area (Å²) in [5.74, 6) is 0.606. The van der Waals surface area contributed by atoms with Crippen LogP contribution in [0.1, 0.15) is 13.8 Å². The predicted molar refractivity (Wildman–Crippen MR) is 39.6 cm³/mol. The van der Waals surface area contributed by atoms with E-state index >= 15 is 0 Å². The Balaban J connectivity index is 2.39. The highest BCUT2D eigenvalue weighted by atomic mass is 32.2. The van der Waals surface area contributed by atoms with Crippen molar-refractivity contribution in [2.45, 2.75) is 19.1 Å². The van der Waals surface area contributed by atoms with E-state index in [1.807, 2.05) is 0 Å². The van der Waals surface area contributed by atoms with Crippen LogP contribution in [0.5, 0.6) is 0 Å². The zero-order chi connectivity index (χ0) is 6.85. The Morgan fingerprint density at radius 3 is 2.67 bits per heavy atom. The number of hydrogen-bond acceptors (Lipinski definition) is 2. The lowest BCUT2D eigenvalue weighted by atomic mass is 10.1. The average molecular weight is 145 g/mol. The van der Waals surface area contributed by atoms with E-state index in [1.54, 1.807) is 0 Å². The Hall–Kier alpha value is -0.180. The van der Waals surface area contributed by atoms with Gasteiger partial charge in [-0.25, -0.2) is 0 Å². The molecule has 1 rings (SSSR count). The predicted octanol–water partition coefficient (Wildman–Crippen LogP) is 1.47. The highest BCUT2D eigenvalue weighted by Gasteiger charge is 2.24. The summed E-state index contributed by atoms with van der Waals surface area (Å²) in [5, 5.41) is 3.41. The maximum Gasteiger partial charge on any atom is 0.279 e. The van der Waals surface area contributed by atoms with Gasteiger partial charge in [0.15, 0.2) is 0 Å². The van der Waals surface area contributed by atoms with E-state index in [2.05, 4.69) is 19.2 Å². The van der Waals surface area contributed by atoms with Gasteiger partial charge in [-0.05, 0) is 5.92 Å². The SMILES string of the molecule is CC(C)[C@H]1CNC(=O)S1. The molecule has 0 radical (unpaired) electrons. The molecule has 0 aromatic carbocycles. The van der Waals surface area contributed by atoms with Crippen molar-refractivity contribution in [3.63, 3.8) is 0 Å². The molecule has 1 aliphatic heterocycles. The molecule has 1 heterocycles. The second kappa shape index (κ2) is 2.60. The summed E-state index contributed by atoms with van der Waals surface area (Å²) in [6.07, 6.45) is 0. The molecule has 1 amide bonds. The Bertz CT molecular complexity index is 124. The van der Waals surface area contributed by atoms with Crippen LogP contribution in [0.4, 0.5) is 4.79 Å². The lowest BCUT2D eigenvalue weighted by molar-refractivity contribution is 0.262.